The van der Waals surface area contributed by atoms with Gasteiger partial charge in [0.05, 0.1) is 12.1 Å². The number of pyridine rings is 1. The second kappa shape index (κ2) is 11.3. The van der Waals surface area contributed by atoms with Crippen molar-refractivity contribution in [2.75, 3.05) is 20.8 Å². The molecule has 0 unspecified atom stereocenters. The number of nitrogens with zero attached hydrogens (tertiary/aromatic N) is 1. The number of hydrogen-bond donors (Lipinski definition) is 1. The molecule has 0 fully saturated rings. The Kier molecular flexibility index (Phi) is 8.25. The highest BCUT2D eigenvalue weighted by atomic mass is 16.7. The molecule has 1 heterocycles. The lowest BCUT2D eigenvalue weighted by molar-refractivity contribution is -0.116. The van der Waals surface area contributed by atoms with Crippen LogP contribution in [0.2, 0.25) is 0 Å². The zero-order chi connectivity index (χ0) is 22.9. The van der Waals surface area contributed by atoms with Gasteiger partial charge in [0, 0.05) is 43.0 Å². The average molecular weight is 433 g/mol. The van der Waals surface area contributed by atoms with Gasteiger partial charge in [0.15, 0.2) is 12.1 Å². The topological polar surface area (TPSA) is 77.5 Å². The van der Waals surface area contributed by atoms with E-state index in [0.29, 0.717) is 16.5 Å². The second-order valence-electron chi connectivity index (χ2n) is 7.33. The number of rotatable bonds is 10. The fourth-order valence-corrected chi connectivity index (χ4v) is 3.67. The number of allylic oxidation sites excluding steroid dienone is 1. The van der Waals surface area contributed by atoms with Gasteiger partial charge in [-0.2, -0.15) is 0 Å². The van der Waals surface area contributed by atoms with Crippen LogP contribution in [0.15, 0.2) is 66.9 Å². The average Bonchev–Trinajstić information content (AvgIpc) is 2.83. The van der Waals surface area contributed by atoms with Gasteiger partial charge in [-0.3, -0.25) is 14.6 Å². The number of benzene rings is 2. The van der Waals surface area contributed by atoms with Crippen molar-refractivity contribution in [3.05, 3.63) is 83.6 Å². The van der Waals surface area contributed by atoms with Crippen LogP contribution in [0.3, 0.4) is 0 Å². The maximum absolute atomic E-state index is 12.9. The Morgan fingerprint density at radius 2 is 1.78 bits per heavy atom. The third kappa shape index (κ3) is 5.46. The Bertz CT molecular complexity index is 1110. The molecule has 0 radical (unpaired) electrons. The summed E-state index contributed by atoms with van der Waals surface area (Å²) < 4.78 is 10.7. The Morgan fingerprint density at radius 3 is 2.47 bits per heavy atom. The van der Waals surface area contributed by atoms with Crippen molar-refractivity contribution < 1.29 is 19.1 Å². The molecule has 0 saturated heterocycles. The van der Waals surface area contributed by atoms with Crippen LogP contribution in [0.4, 0.5) is 0 Å². The highest BCUT2D eigenvalue weighted by Crippen LogP contribution is 2.28. The number of methoxy groups -OCH3 is 2. The summed E-state index contributed by atoms with van der Waals surface area (Å²) in [5.74, 6) is -0.483. The summed E-state index contributed by atoms with van der Waals surface area (Å²) in [4.78, 5) is 29.9. The largest absolute Gasteiger partial charge is 0.352 e. The van der Waals surface area contributed by atoms with E-state index in [0.717, 1.165) is 29.5 Å². The summed E-state index contributed by atoms with van der Waals surface area (Å²) in [6.45, 7) is 1.96. The van der Waals surface area contributed by atoms with Crippen molar-refractivity contribution in [2.24, 2.45) is 0 Å². The number of ether oxygens (including phenoxy) is 2. The molecule has 2 aromatic carbocycles. The van der Waals surface area contributed by atoms with E-state index in [1.54, 1.807) is 44.7 Å². The summed E-state index contributed by atoms with van der Waals surface area (Å²) in [6.07, 6.45) is 4.35. The van der Waals surface area contributed by atoms with Crippen LogP contribution >= 0.6 is 0 Å². The minimum absolute atomic E-state index is 0.106. The molecule has 0 aliphatic rings. The highest BCUT2D eigenvalue weighted by Gasteiger charge is 2.18. The minimum Gasteiger partial charge on any atom is -0.352 e. The number of hydrogen-bond acceptors (Lipinski definition) is 5. The van der Waals surface area contributed by atoms with Gasteiger partial charge in [0.2, 0.25) is 5.91 Å². The summed E-state index contributed by atoms with van der Waals surface area (Å²) in [6, 6.07) is 16.9. The molecule has 3 aromatic rings. The molecule has 0 spiro atoms. The van der Waals surface area contributed by atoms with Crippen LogP contribution in [-0.4, -0.2) is 37.4 Å². The van der Waals surface area contributed by atoms with Crippen LogP contribution < -0.4 is 5.32 Å². The van der Waals surface area contributed by atoms with E-state index in [-0.39, 0.29) is 18.2 Å². The Morgan fingerprint density at radius 1 is 1.03 bits per heavy atom. The lowest BCUT2D eigenvalue weighted by Crippen LogP contribution is -2.28. The molecule has 3 rings (SSSR count). The van der Waals surface area contributed by atoms with E-state index >= 15 is 0 Å². The third-order valence-corrected chi connectivity index (χ3v) is 5.18. The summed E-state index contributed by atoms with van der Waals surface area (Å²) in [7, 11) is 3.10. The van der Waals surface area contributed by atoms with Crippen LogP contribution in [0.5, 0.6) is 0 Å². The molecule has 166 valence electrons. The zero-order valence-corrected chi connectivity index (χ0v) is 18.6. The maximum Gasteiger partial charge on any atom is 0.244 e. The van der Waals surface area contributed by atoms with E-state index in [1.165, 1.54) is 0 Å². The first kappa shape index (κ1) is 23.3. The number of carbonyl (C=O) groups excluding carboxylic acids is 2. The van der Waals surface area contributed by atoms with Gasteiger partial charge in [-0.25, -0.2) is 0 Å². The predicted molar refractivity (Wildman–Crippen MR) is 125 cm³/mol. The smallest absolute Gasteiger partial charge is 0.244 e. The number of ketones is 1. The molecular formula is C26H28N2O4. The van der Waals surface area contributed by atoms with E-state index in [9.17, 15) is 9.59 Å². The molecule has 1 N–H and O–H groups in total. The Labute approximate surface area is 188 Å². The number of aromatic nitrogens is 1. The zero-order valence-electron chi connectivity index (χ0n) is 18.6. The molecule has 1 amide bonds. The van der Waals surface area contributed by atoms with Crippen molar-refractivity contribution >= 4 is 28.2 Å². The normalized spacial score (nSPS) is 11.7. The third-order valence-electron chi connectivity index (χ3n) is 5.18. The van der Waals surface area contributed by atoms with Crippen LogP contribution in [-0.2, 0) is 14.3 Å². The molecule has 0 bridgehead atoms. The summed E-state index contributed by atoms with van der Waals surface area (Å²) >= 11 is 0. The van der Waals surface area contributed by atoms with Crippen molar-refractivity contribution in [1.29, 1.82) is 0 Å². The first-order valence-corrected chi connectivity index (χ1v) is 10.6. The Balaban J connectivity index is 1.79. The first-order valence-electron chi connectivity index (χ1n) is 10.6. The van der Waals surface area contributed by atoms with Crippen molar-refractivity contribution in [3.63, 3.8) is 0 Å². The van der Waals surface area contributed by atoms with Gasteiger partial charge >= 0.3 is 0 Å². The van der Waals surface area contributed by atoms with Gasteiger partial charge in [-0.15, -0.1) is 0 Å². The molecule has 0 aliphatic carbocycles. The second-order valence-corrected chi connectivity index (χ2v) is 7.33. The maximum atomic E-state index is 12.9. The fraction of sp³-hybridized carbons (Fsp3) is 0.269. The fourth-order valence-electron chi connectivity index (χ4n) is 3.67. The number of carbonyl (C=O) groups is 2. The van der Waals surface area contributed by atoms with Crippen molar-refractivity contribution in [1.82, 2.24) is 10.3 Å². The molecule has 6 nitrogen and oxygen atoms in total. The van der Waals surface area contributed by atoms with Gasteiger partial charge in [0.25, 0.3) is 0 Å². The van der Waals surface area contributed by atoms with E-state index in [2.05, 4.69) is 17.2 Å². The van der Waals surface area contributed by atoms with Crippen LogP contribution in [0, 0.1) is 0 Å². The first-order chi connectivity index (χ1) is 15.6. The van der Waals surface area contributed by atoms with Crippen molar-refractivity contribution in [3.8, 4) is 0 Å². The lowest BCUT2D eigenvalue weighted by Gasteiger charge is -2.16. The van der Waals surface area contributed by atoms with Crippen LogP contribution in [0.25, 0.3) is 16.5 Å². The quantitative estimate of drug-likeness (QED) is 0.285. The number of fused-ring (bicyclic) bond motifs is 1. The molecule has 0 atom stereocenters. The molecule has 1 aromatic heterocycles. The van der Waals surface area contributed by atoms with Crippen molar-refractivity contribution in [2.45, 2.75) is 26.1 Å². The molecule has 6 heteroatoms. The lowest BCUT2D eigenvalue weighted by atomic mass is 10.00. The van der Waals surface area contributed by atoms with Gasteiger partial charge in [-0.1, -0.05) is 61.9 Å². The van der Waals surface area contributed by atoms with Gasteiger partial charge in [-0.05, 0) is 23.6 Å². The number of amides is 1. The van der Waals surface area contributed by atoms with Crippen LogP contribution in [0.1, 0.15) is 47.5 Å². The molecular weight excluding hydrogens is 404 g/mol. The van der Waals surface area contributed by atoms with E-state index in [1.807, 2.05) is 36.4 Å². The van der Waals surface area contributed by atoms with E-state index < -0.39 is 6.29 Å². The number of Topliss-reactive ketones (excluding diaryl/α,β-unsaturated/α-hetero) is 1. The SMILES string of the molecule is CCC/C(=C\C(=O)NCC(=O)c1ccc(C(OC)OC)c2ncccc12)c1ccccc1. The highest BCUT2D eigenvalue weighted by molar-refractivity contribution is 6.10. The molecule has 0 aliphatic heterocycles. The van der Waals surface area contributed by atoms with E-state index in [4.69, 9.17) is 9.47 Å². The summed E-state index contributed by atoms with van der Waals surface area (Å²) in [5.41, 5.74) is 3.81. The monoisotopic (exact) mass is 432 g/mol. The Hall–Kier alpha value is -3.35. The van der Waals surface area contributed by atoms with Gasteiger partial charge in [0.1, 0.15) is 0 Å². The van der Waals surface area contributed by atoms with Gasteiger partial charge < -0.3 is 14.8 Å². The molecule has 32 heavy (non-hydrogen) atoms. The standard InChI is InChI=1S/C26H28N2O4/c1-4-9-19(18-10-6-5-7-11-18)16-24(30)28-17-23(29)20-13-14-22(26(31-2)32-3)25-21(20)12-8-15-27-25/h5-8,10-16,26H,4,9,17H2,1-3H3,(H,28,30)/b19-16+. The molecule has 0 saturated carbocycles. The number of nitrogens with one attached hydrogen (secondary N) is 1. The summed E-state index contributed by atoms with van der Waals surface area (Å²) in [5, 5.41) is 3.42. The predicted octanol–water partition coefficient (Wildman–Crippen LogP) is 4.71. The minimum atomic E-state index is -0.587.